The monoisotopic (exact) mass is 221 g/mol. The lowest BCUT2D eigenvalue weighted by atomic mass is 9.89. The van der Waals surface area contributed by atoms with E-state index in [2.05, 4.69) is 19.2 Å². The van der Waals surface area contributed by atoms with Crippen LogP contribution >= 0.6 is 0 Å². The van der Waals surface area contributed by atoms with Gasteiger partial charge in [-0.1, -0.05) is 20.3 Å². The molecule has 14 heavy (non-hydrogen) atoms. The molecular weight excluding hydrogens is 198 g/mol. The highest BCUT2D eigenvalue weighted by atomic mass is 32.2. The number of sulfone groups is 1. The van der Waals surface area contributed by atoms with Gasteiger partial charge in [0.15, 0.2) is 0 Å². The van der Waals surface area contributed by atoms with E-state index in [1.54, 1.807) is 0 Å². The Morgan fingerprint density at radius 2 is 1.93 bits per heavy atom. The maximum atomic E-state index is 11.0. The van der Waals surface area contributed by atoms with Gasteiger partial charge in [-0.3, -0.25) is 0 Å². The second-order valence-corrected chi connectivity index (χ2v) is 6.38. The fraction of sp³-hybridized carbons (Fsp3) is 1.00. The van der Waals surface area contributed by atoms with E-state index in [1.807, 2.05) is 7.05 Å². The van der Waals surface area contributed by atoms with Crippen LogP contribution in [0, 0.1) is 11.8 Å². The number of nitrogens with one attached hydrogen (secondary N) is 1. The first kappa shape index (κ1) is 13.9. The Bertz CT molecular complexity index is 237. The standard InChI is InChI=1S/C10H23NO2S/c1-5-9(2)10(8-11-3)6-7-14(4,12)13/h9-11H,5-8H2,1-4H3. The van der Waals surface area contributed by atoms with E-state index >= 15 is 0 Å². The quantitative estimate of drug-likeness (QED) is 0.705. The van der Waals surface area contributed by atoms with Crippen LogP contribution in [-0.2, 0) is 9.84 Å². The zero-order valence-corrected chi connectivity index (χ0v) is 10.5. The first-order valence-corrected chi connectivity index (χ1v) is 7.29. The molecule has 0 aliphatic heterocycles. The smallest absolute Gasteiger partial charge is 0.147 e. The van der Waals surface area contributed by atoms with Gasteiger partial charge in [0.05, 0.1) is 5.75 Å². The highest BCUT2D eigenvalue weighted by molar-refractivity contribution is 7.90. The predicted octanol–water partition coefficient (Wildman–Crippen LogP) is 1.30. The van der Waals surface area contributed by atoms with Gasteiger partial charge in [-0.15, -0.1) is 0 Å². The molecule has 2 unspecified atom stereocenters. The van der Waals surface area contributed by atoms with Gasteiger partial charge in [0, 0.05) is 6.26 Å². The zero-order valence-electron chi connectivity index (χ0n) is 9.71. The SMILES string of the molecule is CCC(C)C(CCS(C)(=O)=O)CNC. The van der Waals surface area contributed by atoms with E-state index in [-0.39, 0.29) is 0 Å². The van der Waals surface area contributed by atoms with Gasteiger partial charge < -0.3 is 5.32 Å². The van der Waals surface area contributed by atoms with E-state index in [1.165, 1.54) is 6.26 Å². The molecule has 0 rings (SSSR count). The molecule has 86 valence electrons. The third-order valence-electron chi connectivity index (χ3n) is 2.77. The average molecular weight is 221 g/mol. The molecule has 3 nitrogen and oxygen atoms in total. The maximum Gasteiger partial charge on any atom is 0.147 e. The summed E-state index contributed by atoms with van der Waals surface area (Å²) >= 11 is 0. The van der Waals surface area contributed by atoms with Gasteiger partial charge in [0.25, 0.3) is 0 Å². The van der Waals surface area contributed by atoms with Crippen LogP contribution in [-0.4, -0.2) is 34.0 Å². The van der Waals surface area contributed by atoms with E-state index in [0.29, 0.717) is 17.6 Å². The molecule has 0 aromatic carbocycles. The van der Waals surface area contributed by atoms with E-state index in [9.17, 15) is 8.42 Å². The lowest BCUT2D eigenvalue weighted by molar-refractivity contribution is 0.330. The Kier molecular flexibility index (Phi) is 6.36. The lowest BCUT2D eigenvalue weighted by Gasteiger charge is -2.22. The summed E-state index contributed by atoms with van der Waals surface area (Å²) in [4.78, 5) is 0. The van der Waals surface area contributed by atoms with Crippen molar-refractivity contribution in [3.05, 3.63) is 0 Å². The summed E-state index contributed by atoms with van der Waals surface area (Å²) in [5, 5.41) is 3.12. The molecule has 0 aromatic heterocycles. The Labute approximate surface area is 88.2 Å². The van der Waals surface area contributed by atoms with Crippen LogP contribution in [0.2, 0.25) is 0 Å². The minimum Gasteiger partial charge on any atom is -0.319 e. The fourth-order valence-corrected chi connectivity index (χ4v) is 2.28. The summed E-state index contributed by atoms with van der Waals surface area (Å²) in [6, 6.07) is 0. The van der Waals surface area contributed by atoms with Crippen LogP contribution in [0.5, 0.6) is 0 Å². The van der Waals surface area contributed by atoms with Crippen molar-refractivity contribution in [2.45, 2.75) is 26.7 Å². The summed E-state index contributed by atoms with van der Waals surface area (Å²) in [6.45, 7) is 5.24. The van der Waals surface area contributed by atoms with E-state index < -0.39 is 9.84 Å². The number of hydrogen-bond donors (Lipinski definition) is 1. The van der Waals surface area contributed by atoms with Crippen LogP contribution < -0.4 is 5.32 Å². The van der Waals surface area contributed by atoms with Gasteiger partial charge in [-0.05, 0) is 31.8 Å². The molecule has 0 radical (unpaired) electrons. The first-order chi connectivity index (χ1) is 6.40. The van der Waals surface area contributed by atoms with Crippen LogP contribution in [0.25, 0.3) is 0 Å². The molecule has 2 atom stereocenters. The first-order valence-electron chi connectivity index (χ1n) is 5.23. The molecule has 0 fully saturated rings. The fourth-order valence-electron chi connectivity index (χ4n) is 1.55. The minimum absolute atomic E-state index is 0.309. The largest absolute Gasteiger partial charge is 0.319 e. The molecule has 0 spiro atoms. The van der Waals surface area contributed by atoms with Crippen molar-refractivity contribution in [2.24, 2.45) is 11.8 Å². The maximum absolute atomic E-state index is 11.0. The Morgan fingerprint density at radius 3 is 2.29 bits per heavy atom. The van der Waals surface area contributed by atoms with E-state index in [4.69, 9.17) is 0 Å². The van der Waals surface area contributed by atoms with Crippen molar-refractivity contribution in [3.63, 3.8) is 0 Å². The molecule has 0 aliphatic carbocycles. The number of hydrogen-bond acceptors (Lipinski definition) is 3. The molecule has 0 heterocycles. The summed E-state index contributed by atoms with van der Waals surface area (Å²) < 4.78 is 22.1. The predicted molar refractivity (Wildman–Crippen MR) is 61.2 cm³/mol. The third kappa shape index (κ3) is 6.38. The summed E-state index contributed by atoms with van der Waals surface area (Å²) in [5.74, 6) is 1.37. The molecule has 1 N–H and O–H groups in total. The molecule has 0 aliphatic rings. The third-order valence-corrected chi connectivity index (χ3v) is 3.75. The Morgan fingerprint density at radius 1 is 1.36 bits per heavy atom. The molecule has 0 aromatic rings. The van der Waals surface area contributed by atoms with Gasteiger partial charge >= 0.3 is 0 Å². The molecule has 0 amide bonds. The normalized spacial score (nSPS) is 16.6. The van der Waals surface area contributed by atoms with Gasteiger partial charge in [-0.2, -0.15) is 0 Å². The van der Waals surface area contributed by atoms with Crippen LogP contribution in [0.4, 0.5) is 0 Å². The van der Waals surface area contributed by atoms with Crippen molar-refractivity contribution in [1.29, 1.82) is 0 Å². The van der Waals surface area contributed by atoms with Crippen molar-refractivity contribution >= 4 is 9.84 Å². The van der Waals surface area contributed by atoms with Gasteiger partial charge in [0.2, 0.25) is 0 Å². The minimum atomic E-state index is -2.81. The molecule has 0 bridgehead atoms. The van der Waals surface area contributed by atoms with Crippen molar-refractivity contribution in [3.8, 4) is 0 Å². The van der Waals surface area contributed by atoms with Crippen molar-refractivity contribution in [1.82, 2.24) is 5.32 Å². The second kappa shape index (κ2) is 6.40. The zero-order chi connectivity index (χ0) is 11.2. The lowest BCUT2D eigenvalue weighted by Crippen LogP contribution is -2.26. The number of rotatable bonds is 7. The summed E-state index contributed by atoms with van der Waals surface area (Å²) in [6.07, 6.45) is 3.19. The highest BCUT2D eigenvalue weighted by Crippen LogP contribution is 2.18. The summed E-state index contributed by atoms with van der Waals surface area (Å²) in [7, 11) is -0.894. The van der Waals surface area contributed by atoms with Gasteiger partial charge in [0.1, 0.15) is 9.84 Å². The topological polar surface area (TPSA) is 46.2 Å². The Hall–Kier alpha value is -0.0900. The van der Waals surface area contributed by atoms with Crippen LogP contribution in [0.15, 0.2) is 0 Å². The summed E-state index contributed by atoms with van der Waals surface area (Å²) in [5.41, 5.74) is 0. The van der Waals surface area contributed by atoms with E-state index in [0.717, 1.165) is 19.4 Å². The van der Waals surface area contributed by atoms with Crippen LogP contribution in [0.3, 0.4) is 0 Å². The molecule has 4 heteroatoms. The average Bonchev–Trinajstić information content (AvgIpc) is 2.09. The Balaban J connectivity index is 4.09. The highest BCUT2D eigenvalue weighted by Gasteiger charge is 2.16. The second-order valence-electron chi connectivity index (χ2n) is 4.12. The molecule has 0 saturated carbocycles. The van der Waals surface area contributed by atoms with Crippen LogP contribution in [0.1, 0.15) is 26.7 Å². The molecule has 0 saturated heterocycles. The van der Waals surface area contributed by atoms with Crippen molar-refractivity contribution < 1.29 is 8.42 Å². The van der Waals surface area contributed by atoms with Gasteiger partial charge in [-0.25, -0.2) is 8.42 Å². The van der Waals surface area contributed by atoms with Crippen molar-refractivity contribution in [2.75, 3.05) is 25.6 Å². The molecular formula is C10H23NO2S.